The normalized spacial score (nSPS) is 37.1. The van der Waals surface area contributed by atoms with Gasteiger partial charge in [-0.3, -0.25) is 4.79 Å². The summed E-state index contributed by atoms with van der Waals surface area (Å²) in [7, 11) is 0. The minimum absolute atomic E-state index is 0.298. The largest absolute Gasteiger partial charge is 0.381 e. The number of fused-ring (bicyclic) bond motifs is 1. The van der Waals surface area contributed by atoms with Crippen molar-refractivity contribution in [2.75, 3.05) is 13.2 Å². The molecule has 0 bridgehead atoms. The maximum absolute atomic E-state index is 11.4. The zero-order valence-corrected chi connectivity index (χ0v) is 6.95. The second kappa shape index (κ2) is 2.91. The molecule has 0 radical (unpaired) electrons. The molecule has 1 saturated heterocycles. The minimum Gasteiger partial charge on any atom is -0.381 e. The fraction of sp³-hybridized carbons (Fsp3) is 0.700. The molecule has 0 aromatic rings. The maximum atomic E-state index is 11.4. The SMILES string of the molecule is C#CCCC(=O)C1C2COCC21. The van der Waals surface area contributed by atoms with Gasteiger partial charge in [-0.2, -0.15) is 0 Å². The number of rotatable bonds is 3. The van der Waals surface area contributed by atoms with Crippen LogP contribution in [0.2, 0.25) is 0 Å². The van der Waals surface area contributed by atoms with E-state index in [0.717, 1.165) is 13.2 Å². The second-order valence-electron chi connectivity index (χ2n) is 3.56. The topological polar surface area (TPSA) is 26.3 Å². The van der Waals surface area contributed by atoms with Crippen LogP contribution in [0.5, 0.6) is 0 Å². The van der Waals surface area contributed by atoms with Gasteiger partial charge in [0, 0.05) is 18.8 Å². The molecule has 2 heteroatoms. The van der Waals surface area contributed by atoms with E-state index >= 15 is 0 Å². The van der Waals surface area contributed by atoms with Crippen molar-refractivity contribution in [3.05, 3.63) is 0 Å². The number of terminal acetylenes is 1. The molecule has 2 fully saturated rings. The summed E-state index contributed by atoms with van der Waals surface area (Å²) in [6, 6.07) is 0. The van der Waals surface area contributed by atoms with Gasteiger partial charge in [-0.1, -0.05) is 0 Å². The highest BCUT2D eigenvalue weighted by atomic mass is 16.5. The highest BCUT2D eigenvalue weighted by Crippen LogP contribution is 2.51. The minimum atomic E-state index is 0.298. The van der Waals surface area contributed by atoms with Crippen molar-refractivity contribution >= 4 is 5.78 Å². The lowest BCUT2D eigenvalue weighted by molar-refractivity contribution is -0.121. The van der Waals surface area contributed by atoms with E-state index in [2.05, 4.69) is 5.92 Å². The molecule has 1 saturated carbocycles. The van der Waals surface area contributed by atoms with Crippen LogP contribution in [0.4, 0.5) is 0 Å². The highest BCUT2D eigenvalue weighted by Gasteiger charge is 2.57. The summed E-state index contributed by atoms with van der Waals surface area (Å²) in [5, 5.41) is 0. The van der Waals surface area contributed by atoms with E-state index in [1.54, 1.807) is 0 Å². The number of carbonyl (C=O) groups is 1. The van der Waals surface area contributed by atoms with Gasteiger partial charge in [-0.05, 0) is 11.8 Å². The monoisotopic (exact) mass is 164 g/mol. The van der Waals surface area contributed by atoms with Crippen molar-refractivity contribution in [1.82, 2.24) is 0 Å². The number of hydrogen-bond acceptors (Lipinski definition) is 2. The number of ether oxygens (including phenoxy) is 1. The molecule has 0 amide bonds. The van der Waals surface area contributed by atoms with E-state index in [1.807, 2.05) is 0 Å². The Morgan fingerprint density at radius 1 is 1.50 bits per heavy atom. The molecule has 2 aliphatic rings. The van der Waals surface area contributed by atoms with Crippen molar-refractivity contribution < 1.29 is 9.53 Å². The number of carbonyl (C=O) groups excluding carboxylic acids is 1. The van der Waals surface area contributed by atoms with Gasteiger partial charge < -0.3 is 4.74 Å². The Balaban J connectivity index is 1.81. The summed E-state index contributed by atoms with van der Waals surface area (Å²) in [6.45, 7) is 1.58. The molecule has 2 nitrogen and oxygen atoms in total. The average Bonchev–Trinajstić information content (AvgIpc) is 2.56. The van der Waals surface area contributed by atoms with Crippen LogP contribution in [0.1, 0.15) is 12.8 Å². The van der Waals surface area contributed by atoms with Gasteiger partial charge in [0.1, 0.15) is 5.78 Å². The van der Waals surface area contributed by atoms with Crippen LogP contribution in [-0.4, -0.2) is 19.0 Å². The Morgan fingerprint density at radius 2 is 2.17 bits per heavy atom. The lowest BCUT2D eigenvalue weighted by atomic mass is 10.1. The number of hydrogen-bond donors (Lipinski definition) is 0. The fourth-order valence-electron chi connectivity index (χ4n) is 2.08. The summed E-state index contributed by atoms with van der Waals surface area (Å²) in [5.74, 6) is 4.22. The molecule has 0 aromatic heterocycles. The van der Waals surface area contributed by atoms with Gasteiger partial charge in [0.25, 0.3) is 0 Å². The predicted molar refractivity (Wildman–Crippen MR) is 44.4 cm³/mol. The Bertz CT molecular complexity index is 229. The quantitative estimate of drug-likeness (QED) is 0.578. The van der Waals surface area contributed by atoms with Gasteiger partial charge in [-0.15, -0.1) is 12.3 Å². The van der Waals surface area contributed by atoms with E-state index in [0.29, 0.717) is 36.4 Å². The summed E-state index contributed by atoms with van der Waals surface area (Å²) in [6.07, 6.45) is 6.24. The predicted octanol–water partition coefficient (Wildman–Crippen LogP) is 0.861. The molecule has 2 rings (SSSR count). The number of Topliss-reactive ketones (excluding diaryl/α,β-unsaturated/α-hetero) is 1. The molecule has 0 N–H and O–H groups in total. The molecule has 64 valence electrons. The third-order valence-electron chi connectivity index (χ3n) is 2.84. The molecule has 12 heavy (non-hydrogen) atoms. The van der Waals surface area contributed by atoms with Crippen LogP contribution in [0.25, 0.3) is 0 Å². The van der Waals surface area contributed by atoms with Crippen LogP contribution < -0.4 is 0 Å². The maximum Gasteiger partial charge on any atom is 0.137 e. The summed E-state index contributed by atoms with van der Waals surface area (Å²) >= 11 is 0. The van der Waals surface area contributed by atoms with E-state index < -0.39 is 0 Å². The summed E-state index contributed by atoms with van der Waals surface area (Å²) in [4.78, 5) is 11.4. The molecule has 1 heterocycles. The van der Waals surface area contributed by atoms with Crippen molar-refractivity contribution in [1.29, 1.82) is 0 Å². The average molecular weight is 164 g/mol. The molecule has 0 spiro atoms. The van der Waals surface area contributed by atoms with Crippen LogP contribution in [0, 0.1) is 30.1 Å². The van der Waals surface area contributed by atoms with Gasteiger partial charge in [-0.25, -0.2) is 0 Å². The summed E-state index contributed by atoms with van der Waals surface area (Å²) in [5.41, 5.74) is 0. The van der Waals surface area contributed by atoms with Gasteiger partial charge in [0.15, 0.2) is 0 Å². The Labute approximate surface area is 72.3 Å². The number of ketones is 1. The van der Waals surface area contributed by atoms with Crippen molar-refractivity contribution in [2.45, 2.75) is 12.8 Å². The fourth-order valence-corrected chi connectivity index (χ4v) is 2.08. The van der Waals surface area contributed by atoms with Gasteiger partial charge in [0.05, 0.1) is 13.2 Å². The van der Waals surface area contributed by atoms with E-state index in [1.165, 1.54) is 0 Å². The van der Waals surface area contributed by atoms with Crippen LogP contribution >= 0.6 is 0 Å². The van der Waals surface area contributed by atoms with Crippen molar-refractivity contribution in [3.63, 3.8) is 0 Å². The first-order valence-corrected chi connectivity index (χ1v) is 4.38. The first kappa shape index (κ1) is 7.82. The molecule has 2 unspecified atom stereocenters. The molecule has 1 aliphatic heterocycles. The lowest BCUT2D eigenvalue weighted by Crippen LogP contribution is -2.08. The Hall–Kier alpha value is -0.810. The molecule has 1 aliphatic carbocycles. The third-order valence-corrected chi connectivity index (χ3v) is 2.84. The smallest absolute Gasteiger partial charge is 0.137 e. The first-order valence-electron chi connectivity index (χ1n) is 4.38. The van der Waals surface area contributed by atoms with E-state index in [4.69, 9.17) is 11.2 Å². The van der Waals surface area contributed by atoms with E-state index in [9.17, 15) is 4.79 Å². The van der Waals surface area contributed by atoms with Gasteiger partial charge in [0.2, 0.25) is 0 Å². The molecule has 2 atom stereocenters. The highest BCUT2D eigenvalue weighted by molar-refractivity contribution is 5.84. The zero-order chi connectivity index (χ0) is 8.55. The van der Waals surface area contributed by atoms with E-state index in [-0.39, 0.29) is 0 Å². The summed E-state index contributed by atoms with van der Waals surface area (Å²) < 4.78 is 5.20. The lowest BCUT2D eigenvalue weighted by Gasteiger charge is -2.00. The van der Waals surface area contributed by atoms with Crippen molar-refractivity contribution in [2.24, 2.45) is 17.8 Å². The first-order chi connectivity index (χ1) is 5.84. The third kappa shape index (κ3) is 1.15. The Kier molecular flexibility index (Phi) is 1.90. The molecular weight excluding hydrogens is 152 g/mol. The van der Waals surface area contributed by atoms with Crippen molar-refractivity contribution in [3.8, 4) is 12.3 Å². The molecule has 0 aromatic carbocycles. The Morgan fingerprint density at radius 3 is 2.75 bits per heavy atom. The standard InChI is InChI=1S/C10H12O2/c1-2-3-4-9(11)10-7-5-12-6-8(7)10/h1,7-8,10H,3-6H2. The van der Waals surface area contributed by atoms with Crippen LogP contribution in [0.15, 0.2) is 0 Å². The zero-order valence-electron chi connectivity index (χ0n) is 6.95. The van der Waals surface area contributed by atoms with Crippen LogP contribution in [-0.2, 0) is 9.53 Å². The van der Waals surface area contributed by atoms with Crippen LogP contribution in [0.3, 0.4) is 0 Å². The van der Waals surface area contributed by atoms with Gasteiger partial charge >= 0.3 is 0 Å². The molecular formula is C10H12O2. The second-order valence-corrected chi connectivity index (χ2v) is 3.56.